The third-order valence-corrected chi connectivity index (χ3v) is 3.72. The normalized spacial score (nSPS) is 16.3. The number of piperazine rings is 1. The molecule has 21 heavy (non-hydrogen) atoms. The van der Waals surface area contributed by atoms with E-state index >= 15 is 0 Å². The van der Waals surface area contributed by atoms with Crippen LogP contribution in [-0.2, 0) is 4.79 Å². The van der Waals surface area contributed by atoms with Crippen molar-refractivity contribution in [3.63, 3.8) is 0 Å². The quantitative estimate of drug-likeness (QED) is 0.721. The Hall–Kier alpha value is -1.34. The topological polar surface area (TPSA) is 67.3 Å². The monoisotopic (exact) mass is 300 g/mol. The van der Waals surface area contributed by atoms with Crippen molar-refractivity contribution in [1.29, 1.82) is 0 Å². The maximum absolute atomic E-state index is 12.2. The largest absolute Gasteiger partial charge is 0.481 e. The molecule has 7 heteroatoms. The third kappa shape index (κ3) is 6.77. The van der Waals surface area contributed by atoms with Crippen molar-refractivity contribution in [2.45, 2.75) is 12.8 Å². The molecule has 0 radical (unpaired) electrons. The second-order valence-electron chi connectivity index (χ2n) is 5.83. The van der Waals surface area contributed by atoms with Crippen LogP contribution in [0.15, 0.2) is 0 Å². The smallest absolute Gasteiger partial charge is 0.319 e. The minimum atomic E-state index is -0.814. The number of carbonyl (C=O) groups excluding carboxylic acids is 1. The summed E-state index contributed by atoms with van der Waals surface area (Å²) in [4.78, 5) is 30.7. The molecule has 0 aromatic rings. The summed E-state index contributed by atoms with van der Waals surface area (Å²) in [6, 6.07) is 0.00708. The van der Waals surface area contributed by atoms with Crippen LogP contribution < -0.4 is 0 Å². The number of carboxylic acids is 1. The van der Waals surface area contributed by atoms with Gasteiger partial charge >= 0.3 is 12.0 Å². The van der Waals surface area contributed by atoms with Crippen LogP contribution in [0.1, 0.15) is 12.8 Å². The van der Waals surface area contributed by atoms with Crippen LogP contribution in [0.5, 0.6) is 0 Å². The minimum absolute atomic E-state index is 0.00708. The molecule has 7 nitrogen and oxygen atoms in total. The SMILES string of the molecule is CN(C)CCN1CCN(C(=O)N(C)CCCC(=O)O)CC1. The molecule has 1 N–H and O–H groups in total. The highest BCUT2D eigenvalue weighted by Crippen LogP contribution is 2.06. The van der Waals surface area contributed by atoms with Crippen LogP contribution >= 0.6 is 0 Å². The number of amides is 2. The highest BCUT2D eigenvalue weighted by molar-refractivity contribution is 5.74. The number of hydrogen-bond donors (Lipinski definition) is 1. The Balaban J connectivity index is 2.26. The number of carboxylic acid groups (broad SMARTS) is 1. The highest BCUT2D eigenvalue weighted by atomic mass is 16.4. The predicted octanol–water partition coefficient (Wildman–Crippen LogP) is 0.0822. The summed E-state index contributed by atoms with van der Waals surface area (Å²) >= 11 is 0. The first-order chi connectivity index (χ1) is 9.90. The molecule has 0 aromatic heterocycles. The second-order valence-corrected chi connectivity index (χ2v) is 5.83. The van der Waals surface area contributed by atoms with E-state index < -0.39 is 5.97 Å². The van der Waals surface area contributed by atoms with Crippen molar-refractivity contribution >= 4 is 12.0 Å². The van der Waals surface area contributed by atoms with Crippen molar-refractivity contribution in [3.8, 4) is 0 Å². The van der Waals surface area contributed by atoms with Crippen molar-refractivity contribution in [3.05, 3.63) is 0 Å². The van der Waals surface area contributed by atoms with E-state index in [-0.39, 0.29) is 12.5 Å². The Morgan fingerprint density at radius 1 is 1.05 bits per heavy atom. The molecule has 1 saturated heterocycles. The summed E-state index contributed by atoms with van der Waals surface area (Å²) in [6.07, 6.45) is 0.607. The summed E-state index contributed by atoms with van der Waals surface area (Å²) in [5.41, 5.74) is 0. The summed E-state index contributed by atoms with van der Waals surface area (Å²) < 4.78 is 0. The fourth-order valence-electron chi connectivity index (χ4n) is 2.31. The fourth-order valence-corrected chi connectivity index (χ4v) is 2.31. The number of urea groups is 1. The lowest BCUT2D eigenvalue weighted by atomic mass is 10.3. The summed E-state index contributed by atoms with van der Waals surface area (Å²) in [7, 11) is 5.86. The Kier molecular flexibility index (Phi) is 7.45. The molecule has 1 heterocycles. The Morgan fingerprint density at radius 2 is 1.67 bits per heavy atom. The molecule has 1 aliphatic rings. The lowest BCUT2D eigenvalue weighted by Gasteiger charge is -2.37. The fraction of sp³-hybridized carbons (Fsp3) is 0.857. The number of carbonyl (C=O) groups is 2. The van der Waals surface area contributed by atoms with E-state index in [9.17, 15) is 9.59 Å². The zero-order valence-electron chi connectivity index (χ0n) is 13.4. The summed E-state index contributed by atoms with van der Waals surface area (Å²) in [5.74, 6) is -0.814. The van der Waals surface area contributed by atoms with Gasteiger partial charge in [0.2, 0.25) is 0 Å². The summed E-state index contributed by atoms with van der Waals surface area (Å²) in [6.45, 7) is 5.86. The van der Waals surface area contributed by atoms with Crippen molar-refractivity contribution < 1.29 is 14.7 Å². The summed E-state index contributed by atoms with van der Waals surface area (Å²) in [5, 5.41) is 8.61. The van der Waals surface area contributed by atoms with Gasteiger partial charge in [-0.05, 0) is 20.5 Å². The molecule has 0 bridgehead atoms. The van der Waals surface area contributed by atoms with Crippen LogP contribution in [0.4, 0.5) is 4.79 Å². The predicted molar refractivity (Wildman–Crippen MR) is 81.5 cm³/mol. The zero-order valence-corrected chi connectivity index (χ0v) is 13.4. The number of aliphatic carboxylic acids is 1. The van der Waals surface area contributed by atoms with Gasteiger partial charge in [-0.3, -0.25) is 9.69 Å². The van der Waals surface area contributed by atoms with Gasteiger partial charge in [0.1, 0.15) is 0 Å². The minimum Gasteiger partial charge on any atom is -0.481 e. The molecule has 0 atom stereocenters. The van der Waals surface area contributed by atoms with Crippen molar-refractivity contribution in [2.24, 2.45) is 0 Å². The van der Waals surface area contributed by atoms with Crippen LogP contribution in [-0.4, -0.2) is 104 Å². The maximum Gasteiger partial charge on any atom is 0.319 e. The molecule has 0 aliphatic carbocycles. The molecular formula is C14H28N4O3. The first-order valence-corrected chi connectivity index (χ1v) is 7.49. The van der Waals surface area contributed by atoms with E-state index in [1.165, 1.54) is 0 Å². The molecular weight excluding hydrogens is 272 g/mol. The molecule has 0 unspecified atom stereocenters. The lowest BCUT2D eigenvalue weighted by Crippen LogP contribution is -2.53. The van der Waals surface area contributed by atoms with E-state index in [2.05, 4.69) is 23.9 Å². The van der Waals surface area contributed by atoms with Crippen LogP contribution in [0.25, 0.3) is 0 Å². The van der Waals surface area contributed by atoms with E-state index in [0.717, 1.165) is 39.3 Å². The van der Waals surface area contributed by atoms with Gasteiger partial charge in [-0.25, -0.2) is 4.79 Å². The van der Waals surface area contributed by atoms with Gasteiger partial charge < -0.3 is 19.8 Å². The number of hydrogen-bond acceptors (Lipinski definition) is 4. The maximum atomic E-state index is 12.2. The van der Waals surface area contributed by atoms with Gasteiger partial charge in [-0.1, -0.05) is 0 Å². The number of rotatable bonds is 7. The Bertz CT molecular complexity index is 341. The standard InChI is InChI=1S/C14H28N4O3/c1-15(2)7-8-17-9-11-18(12-10-17)14(21)16(3)6-4-5-13(19)20/h4-12H2,1-3H3,(H,19,20). The second kappa shape index (κ2) is 8.84. The van der Waals surface area contributed by atoms with Crippen LogP contribution in [0.3, 0.4) is 0 Å². The molecule has 0 spiro atoms. The molecule has 1 aliphatic heterocycles. The van der Waals surface area contributed by atoms with Gasteiger partial charge in [-0.15, -0.1) is 0 Å². The first-order valence-electron chi connectivity index (χ1n) is 7.49. The highest BCUT2D eigenvalue weighted by Gasteiger charge is 2.23. The van der Waals surface area contributed by atoms with Crippen LogP contribution in [0, 0.1) is 0 Å². The van der Waals surface area contributed by atoms with E-state index in [1.54, 1.807) is 11.9 Å². The van der Waals surface area contributed by atoms with E-state index in [0.29, 0.717) is 13.0 Å². The Morgan fingerprint density at radius 3 is 2.19 bits per heavy atom. The van der Waals surface area contributed by atoms with Crippen LogP contribution in [0.2, 0.25) is 0 Å². The van der Waals surface area contributed by atoms with Gasteiger partial charge in [0.25, 0.3) is 0 Å². The molecule has 1 rings (SSSR count). The van der Waals surface area contributed by atoms with Gasteiger partial charge in [0.15, 0.2) is 0 Å². The molecule has 122 valence electrons. The van der Waals surface area contributed by atoms with Crippen molar-refractivity contribution in [2.75, 3.05) is 67.0 Å². The molecule has 0 aromatic carbocycles. The van der Waals surface area contributed by atoms with Gasteiger partial charge in [0, 0.05) is 59.3 Å². The van der Waals surface area contributed by atoms with Gasteiger partial charge in [0.05, 0.1) is 0 Å². The average molecular weight is 300 g/mol. The molecule has 1 fully saturated rings. The Labute approximate surface area is 127 Å². The van der Waals surface area contributed by atoms with E-state index in [1.807, 2.05) is 4.90 Å². The lowest BCUT2D eigenvalue weighted by molar-refractivity contribution is -0.137. The zero-order chi connectivity index (χ0) is 15.8. The first kappa shape index (κ1) is 17.7. The van der Waals surface area contributed by atoms with E-state index in [4.69, 9.17) is 5.11 Å². The molecule has 0 saturated carbocycles. The van der Waals surface area contributed by atoms with Crippen molar-refractivity contribution in [1.82, 2.24) is 19.6 Å². The number of likely N-dealkylation sites (N-methyl/N-ethyl adjacent to an activating group) is 1. The van der Waals surface area contributed by atoms with Gasteiger partial charge in [-0.2, -0.15) is 0 Å². The average Bonchev–Trinajstić information content (AvgIpc) is 2.44. The number of nitrogens with zero attached hydrogens (tertiary/aromatic N) is 4. The molecule has 2 amide bonds. The third-order valence-electron chi connectivity index (χ3n) is 3.72.